The van der Waals surface area contributed by atoms with E-state index < -0.39 is 4.92 Å². The molecular formula is C36H43ClN4O4. The molecule has 0 saturated heterocycles. The minimum absolute atomic E-state index is 0.0197. The molecule has 238 valence electrons. The predicted octanol–water partition coefficient (Wildman–Crippen LogP) is 9.07. The van der Waals surface area contributed by atoms with Crippen molar-refractivity contribution in [3.63, 3.8) is 0 Å². The average molecular weight is 631 g/mol. The van der Waals surface area contributed by atoms with Crippen LogP contribution in [0, 0.1) is 10.1 Å². The Morgan fingerprint density at radius 3 is 2.38 bits per heavy atom. The van der Waals surface area contributed by atoms with Crippen molar-refractivity contribution in [1.82, 2.24) is 15.1 Å². The van der Waals surface area contributed by atoms with Crippen LogP contribution in [0.3, 0.4) is 0 Å². The SMILES string of the molecule is CCC(C)(C)c1ccc(OCCCCNC(=O)c2cc(-c3ccccc3Cl)nn2-c2cccc([N+](=O)[O-])c2)c(C(C)(C)CC)c1. The Hall–Kier alpha value is -4.17. The normalized spacial score (nSPS) is 11.8. The molecule has 4 rings (SSSR count). The van der Waals surface area contributed by atoms with Crippen LogP contribution in [-0.4, -0.2) is 33.8 Å². The van der Waals surface area contributed by atoms with Gasteiger partial charge >= 0.3 is 0 Å². The molecule has 0 aliphatic rings. The van der Waals surface area contributed by atoms with Crippen LogP contribution in [0.15, 0.2) is 72.8 Å². The van der Waals surface area contributed by atoms with E-state index in [1.165, 1.54) is 27.9 Å². The van der Waals surface area contributed by atoms with Crippen molar-refractivity contribution < 1.29 is 14.5 Å². The number of hydrogen-bond donors (Lipinski definition) is 1. The third kappa shape index (κ3) is 7.92. The number of nitro groups is 1. The van der Waals surface area contributed by atoms with Gasteiger partial charge in [-0.05, 0) is 66.3 Å². The fraction of sp³-hybridized carbons (Fsp3) is 0.389. The monoisotopic (exact) mass is 630 g/mol. The summed E-state index contributed by atoms with van der Waals surface area (Å²) >= 11 is 6.42. The fourth-order valence-electron chi connectivity index (χ4n) is 4.98. The van der Waals surface area contributed by atoms with Crippen molar-refractivity contribution in [3.8, 4) is 22.7 Å². The maximum absolute atomic E-state index is 13.4. The Morgan fingerprint density at radius 2 is 1.69 bits per heavy atom. The molecule has 1 N–H and O–H groups in total. The summed E-state index contributed by atoms with van der Waals surface area (Å²) in [5.41, 5.74) is 4.32. The topological polar surface area (TPSA) is 99.3 Å². The number of nitrogens with zero attached hydrogens (tertiary/aromatic N) is 3. The maximum Gasteiger partial charge on any atom is 0.271 e. The van der Waals surface area contributed by atoms with Crippen LogP contribution in [-0.2, 0) is 10.8 Å². The summed E-state index contributed by atoms with van der Waals surface area (Å²) in [6.07, 6.45) is 3.51. The quantitative estimate of drug-likeness (QED) is 0.0851. The molecule has 0 unspecified atom stereocenters. The molecule has 0 fully saturated rings. The van der Waals surface area contributed by atoms with Crippen LogP contribution in [0.1, 0.15) is 88.8 Å². The number of non-ortho nitro benzene ring substituents is 1. The lowest BCUT2D eigenvalue weighted by Crippen LogP contribution is -2.27. The van der Waals surface area contributed by atoms with E-state index in [0.717, 1.165) is 25.0 Å². The summed E-state index contributed by atoms with van der Waals surface area (Å²) in [5.74, 6) is 0.573. The van der Waals surface area contributed by atoms with Gasteiger partial charge in [0.15, 0.2) is 0 Å². The summed E-state index contributed by atoms with van der Waals surface area (Å²) < 4.78 is 7.72. The number of carbonyl (C=O) groups excluding carboxylic acids is 1. The van der Waals surface area contributed by atoms with E-state index in [1.807, 2.05) is 18.2 Å². The van der Waals surface area contributed by atoms with E-state index in [2.05, 4.69) is 70.2 Å². The zero-order valence-electron chi connectivity index (χ0n) is 27.0. The second-order valence-electron chi connectivity index (χ2n) is 12.6. The van der Waals surface area contributed by atoms with Crippen LogP contribution >= 0.6 is 11.6 Å². The van der Waals surface area contributed by atoms with Crippen LogP contribution < -0.4 is 10.1 Å². The van der Waals surface area contributed by atoms with Gasteiger partial charge < -0.3 is 10.1 Å². The van der Waals surface area contributed by atoms with Crippen molar-refractivity contribution >= 4 is 23.2 Å². The Kier molecular flexibility index (Phi) is 10.7. The summed E-state index contributed by atoms with van der Waals surface area (Å²) in [6.45, 7) is 14.4. The first-order valence-corrected chi connectivity index (χ1v) is 15.9. The number of rotatable bonds is 14. The summed E-state index contributed by atoms with van der Waals surface area (Å²) in [7, 11) is 0. The number of nitro benzene ring substituents is 1. The van der Waals surface area contributed by atoms with E-state index in [0.29, 0.717) is 41.5 Å². The second kappa shape index (κ2) is 14.3. The molecule has 9 heteroatoms. The number of benzene rings is 3. The molecule has 0 spiro atoms. The zero-order valence-corrected chi connectivity index (χ0v) is 27.8. The molecule has 0 aliphatic heterocycles. The lowest BCUT2D eigenvalue weighted by Gasteiger charge is -2.30. The fourth-order valence-corrected chi connectivity index (χ4v) is 5.21. The van der Waals surface area contributed by atoms with Gasteiger partial charge in [-0.15, -0.1) is 0 Å². The van der Waals surface area contributed by atoms with Gasteiger partial charge in [0.25, 0.3) is 11.6 Å². The number of halogens is 1. The van der Waals surface area contributed by atoms with Crippen molar-refractivity contribution in [1.29, 1.82) is 0 Å². The van der Waals surface area contributed by atoms with Gasteiger partial charge in [-0.25, -0.2) is 4.68 Å². The Balaban J connectivity index is 1.44. The summed E-state index contributed by atoms with van der Waals surface area (Å²) in [4.78, 5) is 24.3. The van der Waals surface area contributed by atoms with Crippen LogP contribution in [0.4, 0.5) is 5.69 Å². The van der Waals surface area contributed by atoms with Gasteiger partial charge in [0, 0.05) is 29.8 Å². The van der Waals surface area contributed by atoms with E-state index in [1.54, 1.807) is 24.3 Å². The molecule has 8 nitrogen and oxygen atoms in total. The largest absolute Gasteiger partial charge is 0.493 e. The molecule has 0 atom stereocenters. The molecule has 1 aromatic heterocycles. The predicted molar refractivity (Wildman–Crippen MR) is 181 cm³/mol. The third-order valence-electron chi connectivity index (χ3n) is 8.75. The minimum Gasteiger partial charge on any atom is -0.493 e. The maximum atomic E-state index is 13.4. The number of amides is 1. The average Bonchev–Trinajstić information content (AvgIpc) is 3.48. The highest BCUT2D eigenvalue weighted by atomic mass is 35.5. The van der Waals surface area contributed by atoms with Gasteiger partial charge in [0.2, 0.25) is 0 Å². The van der Waals surface area contributed by atoms with Crippen LogP contribution in [0.5, 0.6) is 5.75 Å². The number of carbonyl (C=O) groups is 1. The molecule has 1 heterocycles. The molecule has 0 bridgehead atoms. The Bertz CT molecular complexity index is 1660. The van der Waals surface area contributed by atoms with Gasteiger partial charge in [-0.3, -0.25) is 14.9 Å². The van der Waals surface area contributed by atoms with Crippen molar-refractivity contribution in [2.45, 2.75) is 78.1 Å². The molecule has 0 radical (unpaired) electrons. The molecule has 3 aromatic carbocycles. The zero-order chi connectivity index (χ0) is 32.8. The summed E-state index contributed by atoms with van der Waals surface area (Å²) in [5, 5.41) is 19.5. The molecule has 4 aromatic rings. The number of hydrogen-bond acceptors (Lipinski definition) is 5. The standard InChI is InChI=1S/C36H43ClN4O4/c1-7-35(3,4)25-18-19-33(29(22-25)36(5,6)8-2)45-21-12-11-20-38-34(42)32-24-31(28-16-9-10-17-30(28)37)39-40(32)26-14-13-15-27(23-26)41(43)44/h9-10,13-19,22-24H,7-8,11-12,20-21H2,1-6H3,(H,38,42). The molecular weight excluding hydrogens is 588 g/mol. The number of unbranched alkanes of at least 4 members (excludes halogenated alkanes) is 1. The van der Waals surface area contributed by atoms with Crippen molar-refractivity contribution in [3.05, 3.63) is 105 Å². The Morgan fingerprint density at radius 1 is 0.956 bits per heavy atom. The third-order valence-corrected chi connectivity index (χ3v) is 9.08. The summed E-state index contributed by atoms with van der Waals surface area (Å²) in [6, 6.07) is 21.5. The van der Waals surface area contributed by atoms with Crippen LogP contribution in [0.25, 0.3) is 16.9 Å². The lowest BCUT2D eigenvalue weighted by molar-refractivity contribution is -0.384. The second-order valence-corrected chi connectivity index (χ2v) is 13.0. The molecule has 0 aliphatic carbocycles. The first-order valence-electron chi connectivity index (χ1n) is 15.5. The Labute approximate surface area is 270 Å². The van der Waals surface area contributed by atoms with Crippen molar-refractivity contribution in [2.24, 2.45) is 0 Å². The minimum atomic E-state index is -0.476. The smallest absolute Gasteiger partial charge is 0.271 e. The van der Waals surface area contributed by atoms with E-state index in [4.69, 9.17) is 16.3 Å². The first-order chi connectivity index (χ1) is 21.4. The highest BCUT2D eigenvalue weighted by Gasteiger charge is 2.27. The van der Waals surface area contributed by atoms with Gasteiger partial charge in [-0.1, -0.05) is 89.5 Å². The first kappa shape index (κ1) is 33.7. The van der Waals surface area contributed by atoms with Gasteiger partial charge in [0.1, 0.15) is 11.4 Å². The number of aromatic nitrogens is 2. The van der Waals surface area contributed by atoms with Crippen molar-refractivity contribution in [2.75, 3.05) is 13.2 Å². The van der Waals surface area contributed by atoms with E-state index in [-0.39, 0.29) is 28.1 Å². The number of ether oxygens (including phenoxy) is 1. The van der Waals surface area contributed by atoms with E-state index in [9.17, 15) is 14.9 Å². The van der Waals surface area contributed by atoms with Gasteiger partial charge in [-0.2, -0.15) is 5.10 Å². The molecule has 1 amide bonds. The highest BCUT2D eigenvalue weighted by molar-refractivity contribution is 6.33. The van der Waals surface area contributed by atoms with E-state index >= 15 is 0 Å². The van der Waals surface area contributed by atoms with Crippen LogP contribution in [0.2, 0.25) is 5.02 Å². The molecule has 0 saturated carbocycles. The number of nitrogens with one attached hydrogen (secondary N) is 1. The lowest BCUT2D eigenvalue weighted by atomic mass is 9.76. The highest BCUT2D eigenvalue weighted by Crippen LogP contribution is 2.38. The molecule has 45 heavy (non-hydrogen) atoms. The van der Waals surface area contributed by atoms with Gasteiger partial charge in [0.05, 0.1) is 27.9 Å².